The Labute approximate surface area is 504 Å². The number of unbranched alkanes of at least 4 members (excludes halogenated alkanes) is 2. The van der Waals surface area contributed by atoms with E-state index in [1.54, 1.807) is 18.2 Å². The Morgan fingerprint density at radius 3 is 1.98 bits per heavy atom. The highest BCUT2D eigenvalue weighted by Crippen LogP contribution is 2.32. The minimum absolute atomic E-state index is 0.0536. The van der Waals surface area contributed by atoms with E-state index in [1.807, 2.05) is 48.5 Å². The lowest BCUT2D eigenvalue weighted by atomic mass is 9.98. The molecule has 468 valence electrons. The largest absolute Gasteiger partial charge is 0.504 e. The molecule has 28 heteroatoms. The van der Waals surface area contributed by atoms with Crippen LogP contribution in [0.4, 0.5) is 0 Å². The van der Waals surface area contributed by atoms with Gasteiger partial charge in [-0.25, -0.2) is 5.26 Å². The number of nitriles is 1. The maximum Gasteiger partial charge on any atom is 0.261 e. The number of β-amino-alcohol motifs (C(OH)–C–C–N with tert-alkyl or cyclic N) is 1. The Morgan fingerprint density at radius 2 is 1.36 bits per heavy atom. The Balaban J connectivity index is 1.18. The summed E-state index contributed by atoms with van der Waals surface area (Å²) >= 11 is 0.0690. The lowest BCUT2D eigenvalue weighted by Gasteiger charge is -2.33. The fourth-order valence-electron chi connectivity index (χ4n) is 10.5. The number of benzene rings is 4. The summed E-state index contributed by atoms with van der Waals surface area (Å²) in [7, 11) is 0. The maximum atomic E-state index is 14.6. The van der Waals surface area contributed by atoms with Crippen molar-refractivity contribution in [3.63, 3.8) is 0 Å². The molecule has 0 bridgehead atoms. The maximum absolute atomic E-state index is 14.6. The molecule has 0 radical (unpaired) electrons. The molecule has 27 nitrogen and oxygen atoms in total. The highest BCUT2D eigenvalue weighted by molar-refractivity contribution is 7.90. The highest BCUT2D eigenvalue weighted by Gasteiger charge is 2.50. The van der Waals surface area contributed by atoms with Gasteiger partial charge in [-0.3, -0.25) is 33.6 Å². The standard InChI is InChI=1S/C59H72N8O19S/c1-4-5-6-23-83-41-18-16-37(17-19-41)35-10-8-34(9-11-35)36-12-14-38(15-13-36)53(75)62-42-26-39(69)28-61-57(79)51-52(74)31(2)29-67(51)59(81)50(45(72)21-22-60)65-56(78)49(46(73)24-33-7-20-44(71)47(25-33)84-87-86-85-82)64-55(77)43-27-40(70)30-66(43)58(80)48(32(3)68)63-54(42)76/h7-20,25,31-32,39-40,42-43,45-46,48-52,68-74,82H,4-6,21,23-24,26-30H2,1-3H3,(H,61,79)(H,62,75)(H,63,76)(H,64,77)(H,65,78)/t31-,32+,39+,40+,42+,43+,45-,46-,48+,49+,50+,51+,52+/m1/s1. The van der Waals surface area contributed by atoms with Crippen molar-refractivity contribution in [3.8, 4) is 45.6 Å². The quantitative estimate of drug-likeness (QED) is 0.0263. The summed E-state index contributed by atoms with van der Waals surface area (Å²) in [6.07, 6.45) is -9.89. The van der Waals surface area contributed by atoms with Gasteiger partial charge in [-0.05, 0) is 77.6 Å². The van der Waals surface area contributed by atoms with Gasteiger partial charge >= 0.3 is 0 Å². The second-order valence-corrected chi connectivity index (χ2v) is 22.1. The van der Waals surface area contributed by atoms with Gasteiger partial charge in [-0.1, -0.05) is 90.7 Å². The molecule has 13 N–H and O–H groups in total. The third-order valence-electron chi connectivity index (χ3n) is 15.3. The van der Waals surface area contributed by atoms with Gasteiger partial charge in [-0.15, -0.1) is 0 Å². The number of hydrogen-bond donors (Lipinski definition) is 13. The number of phenolic OH excluding ortho intramolecular Hbond substituents is 1. The van der Waals surface area contributed by atoms with Crippen LogP contribution in [-0.4, -0.2) is 191 Å². The average Bonchev–Trinajstić information content (AvgIpc) is 2.12. The normalized spacial score (nSPS) is 25.3. The first kappa shape index (κ1) is 66.6. The van der Waals surface area contributed by atoms with Gasteiger partial charge in [0.25, 0.3) is 18.2 Å². The van der Waals surface area contributed by atoms with Gasteiger partial charge in [0.1, 0.15) is 42.0 Å². The fourth-order valence-corrected chi connectivity index (χ4v) is 10.8. The zero-order valence-electron chi connectivity index (χ0n) is 47.8. The molecule has 13 atom stereocenters. The van der Waals surface area contributed by atoms with Crippen molar-refractivity contribution in [2.45, 2.75) is 139 Å². The predicted molar refractivity (Wildman–Crippen MR) is 309 cm³/mol. The average molecular weight is 1230 g/mol. The molecule has 0 aliphatic carbocycles. The monoisotopic (exact) mass is 1230 g/mol. The Morgan fingerprint density at radius 1 is 0.747 bits per heavy atom. The van der Waals surface area contributed by atoms with E-state index >= 15 is 0 Å². The number of rotatable bonds is 19. The van der Waals surface area contributed by atoms with Gasteiger partial charge in [-0.2, -0.15) is 5.26 Å². The molecule has 4 aromatic rings. The molecule has 3 heterocycles. The van der Waals surface area contributed by atoms with Crippen molar-refractivity contribution < 1.29 is 92.9 Å². The minimum atomic E-state index is -2.15. The van der Waals surface area contributed by atoms with Crippen molar-refractivity contribution in [2.75, 3.05) is 26.2 Å². The van der Waals surface area contributed by atoms with Crippen LogP contribution in [0.3, 0.4) is 0 Å². The first-order chi connectivity index (χ1) is 41.6. The fraction of sp³-hybridized carbons (Fsp3) is 0.458. The molecular formula is C59H72N8O19S. The number of carbonyl (C=O) groups excluding carboxylic acids is 7. The van der Waals surface area contributed by atoms with Crippen molar-refractivity contribution in [2.24, 2.45) is 5.92 Å². The summed E-state index contributed by atoms with van der Waals surface area (Å²) in [6, 6.07) is 15.7. The molecule has 7 rings (SSSR count). The molecule has 3 aliphatic rings. The zero-order valence-corrected chi connectivity index (χ0v) is 48.6. The number of nitrogens with one attached hydrogen (secondary N) is 5. The molecular weight excluding hydrogens is 1160 g/mol. The van der Waals surface area contributed by atoms with E-state index < -0.39 is 165 Å². The second-order valence-electron chi connectivity index (χ2n) is 21.7. The van der Waals surface area contributed by atoms with Crippen LogP contribution in [0.2, 0.25) is 0 Å². The lowest BCUT2D eigenvalue weighted by molar-refractivity contribution is -0.433. The van der Waals surface area contributed by atoms with E-state index in [2.05, 4.69) is 42.9 Å². The van der Waals surface area contributed by atoms with Crippen molar-refractivity contribution >= 4 is 53.7 Å². The van der Waals surface area contributed by atoms with Crippen LogP contribution in [0.1, 0.15) is 75.2 Å². The molecule has 7 amide bonds. The molecule has 87 heavy (non-hydrogen) atoms. The molecule has 0 aromatic heterocycles. The van der Waals surface area contributed by atoms with Crippen LogP contribution in [-0.2, 0) is 44.6 Å². The second kappa shape index (κ2) is 31.1. The number of aliphatic hydroxyl groups excluding tert-OH is 6. The van der Waals surface area contributed by atoms with Crippen LogP contribution in [0.25, 0.3) is 22.3 Å². The third-order valence-corrected chi connectivity index (χ3v) is 15.6. The smallest absolute Gasteiger partial charge is 0.261 e. The van der Waals surface area contributed by atoms with Crippen LogP contribution in [0.5, 0.6) is 17.2 Å². The number of ether oxygens (including phenoxy) is 1. The Bertz CT molecular complexity index is 3080. The number of phenols is 1. The van der Waals surface area contributed by atoms with Crippen LogP contribution >= 0.6 is 12.3 Å². The van der Waals surface area contributed by atoms with Gasteiger partial charge in [0, 0.05) is 50.4 Å². The molecule has 0 saturated carbocycles. The summed E-state index contributed by atoms with van der Waals surface area (Å²) in [6.45, 7) is 3.77. The first-order valence-electron chi connectivity index (χ1n) is 28.3. The van der Waals surface area contributed by atoms with E-state index in [-0.39, 0.29) is 35.7 Å². The van der Waals surface area contributed by atoms with E-state index in [0.29, 0.717) is 6.61 Å². The number of aliphatic hydroxyl groups is 6. The van der Waals surface area contributed by atoms with Crippen LogP contribution in [0.15, 0.2) is 91.0 Å². The summed E-state index contributed by atoms with van der Waals surface area (Å²) in [5.74, 6) is -8.80. The Kier molecular flexibility index (Phi) is 23.8. The Hall–Kier alpha value is -7.95. The number of carbonyl (C=O) groups is 7. The molecule has 4 aromatic carbocycles. The molecule has 3 saturated heterocycles. The van der Waals surface area contributed by atoms with Gasteiger partial charge in [0.05, 0.1) is 55.7 Å². The SMILES string of the molecule is CCCCCOc1ccc(-c2ccc(-c3ccc(C(=O)N[C@H]4C[C@H](O)CNC(=O)[C@@H]5[C@@H](O)[C@H](C)CN5C(=O)[C@H]([C@H](O)CC#N)NC(=O)[C@H]([C@H](O)Cc5ccc(O)c(OSOOO)c5)NC(=O)[C@@H]5C[C@H](O)CN5C(=O)[C@H]([C@H](C)O)NC4=O)cc3)cc2)cc1. The van der Waals surface area contributed by atoms with Gasteiger partial charge in [0.2, 0.25) is 35.4 Å². The number of nitrogens with zero attached hydrogens (tertiary/aromatic N) is 3. The van der Waals surface area contributed by atoms with E-state index in [9.17, 15) is 74.6 Å². The van der Waals surface area contributed by atoms with Crippen molar-refractivity contribution in [3.05, 3.63) is 102 Å². The number of hydrogen-bond acceptors (Lipinski definition) is 21. The lowest BCUT2D eigenvalue weighted by Crippen LogP contribution is -2.64. The summed E-state index contributed by atoms with van der Waals surface area (Å²) < 4.78 is 15.2. The topological polar surface area (TPSA) is 409 Å². The van der Waals surface area contributed by atoms with E-state index in [4.69, 9.17) is 14.2 Å². The van der Waals surface area contributed by atoms with E-state index in [0.717, 1.165) is 76.1 Å². The number of amides is 7. The zero-order chi connectivity index (χ0) is 63.1. The summed E-state index contributed by atoms with van der Waals surface area (Å²) in [5.41, 5.74) is 3.64. The third kappa shape index (κ3) is 17.2. The van der Waals surface area contributed by atoms with E-state index in [1.165, 1.54) is 25.1 Å². The molecule has 0 spiro atoms. The molecule has 3 fully saturated rings. The summed E-state index contributed by atoms with van der Waals surface area (Å²) in [5, 5.41) is 112. The van der Waals surface area contributed by atoms with Crippen LogP contribution < -0.4 is 35.5 Å². The van der Waals surface area contributed by atoms with Crippen molar-refractivity contribution in [1.29, 1.82) is 5.26 Å². The minimum Gasteiger partial charge on any atom is -0.504 e. The predicted octanol–water partition coefficient (Wildman–Crippen LogP) is 0.521. The molecule has 3 aliphatic heterocycles. The number of aromatic hydroxyl groups is 1. The highest BCUT2D eigenvalue weighted by atomic mass is 32.2. The summed E-state index contributed by atoms with van der Waals surface area (Å²) in [4.78, 5) is 103. The first-order valence-corrected chi connectivity index (χ1v) is 28.9. The van der Waals surface area contributed by atoms with Gasteiger partial charge < -0.3 is 81.0 Å². The van der Waals surface area contributed by atoms with Crippen LogP contribution in [0, 0.1) is 17.2 Å². The van der Waals surface area contributed by atoms with Gasteiger partial charge in [0.15, 0.2) is 11.5 Å². The van der Waals surface area contributed by atoms with Crippen molar-refractivity contribution in [1.82, 2.24) is 36.4 Å². The number of fused-ring (bicyclic) bond motifs is 2. The molecule has 0 unspecified atom stereocenters.